The van der Waals surface area contributed by atoms with Crippen LogP contribution in [0.15, 0.2) is 0 Å². The van der Waals surface area contributed by atoms with Crippen molar-refractivity contribution in [1.29, 1.82) is 0 Å². The lowest BCUT2D eigenvalue weighted by Gasteiger charge is -1.61. The highest BCUT2D eigenvalue weighted by Gasteiger charge is 1.77. The van der Waals surface area contributed by atoms with E-state index in [9.17, 15) is 0 Å². The van der Waals surface area contributed by atoms with E-state index in [4.69, 9.17) is 0 Å². The fourth-order valence-electron chi connectivity index (χ4n) is 0.170. The van der Waals surface area contributed by atoms with Crippen LogP contribution in [-0.4, -0.2) is 36.9 Å². The molecule has 2 radical (unpaired) electrons. The summed E-state index contributed by atoms with van der Waals surface area (Å²) >= 11 is 2.30. The van der Waals surface area contributed by atoms with Crippen LogP contribution < -0.4 is 4.69 Å². The van der Waals surface area contributed by atoms with E-state index in [1.807, 2.05) is 0 Å². The number of tetrazole rings is 1. The smallest absolute Gasteiger partial charge is 0.179 e. The highest BCUT2D eigenvalue weighted by molar-refractivity contribution is 6.28. The van der Waals surface area contributed by atoms with Gasteiger partial charge < -0.3 is 0 Å². The van der Waals surface area contributed by atoms with Crippen LogP contribution in [0.3, 0.4) is 0 Å². The van der Waals surface area contributed by atoms with E-state index >= 15 is 0 Å². The Balaban J connectivity index is 3.05. The lowest BCUT2D eigenvalue weighted by molar-refractivity contribution is 0.881. The molecule has 1 aromatic heterocycles. The molecule has 0 bridgehead atoms. The van der Waals surface area contributed by atoms with Crippen molar-refractivity contribution in [3.8, 4) is 0 Å². The zero-order valence-electron chi connectivity index (χ0n) is 2.92. The minimum absolute atomic E-state index is 0.593. The van der Waals surface area contributed by atoms with Crippen molar-refractivity contribution in [1.82, 2.24) is 20.6 Å². The van der Waals surface area contributed by atoms with Gasteiger partial charge in [0.05, 0.1) is 4.69 Å². The SMILES string of the molecule is [Al][c]1nn[nH]n1. The fourth-order valence-corrected chi connectivity index (χ4v) is 0.285. The second kappa shape index (κ2) is 1.37. The van der Waals surface area contributed by atoms with Gasteiger partial charge in [0.15, 0.2) is 0 Å². The highest BCUT2D eigenvalue weighted by Crippen LogP contribution is 1.39. The summed E-state index contributed by atoms with van der Waals surface area (Å²) in [6.07, 6.45) is 0. The minimum atomic E-state index is 0.593. The fraction of sp³-hybridized carbons (Fsp3) is 0. The second-order valence-electron chi connectivity index (χ2n) is 0.770. The largest absolute Gasteiger partial charge is 0.251 e. The normalized spacial score (nSPS) is 8.67. The molecule has 1 aromatic rings. The Bertz CT molecular complexity index is 111. The van der Waals surface area contributed by atoms with Crippen molar-refractivity contribution in [2.75, 3.05) is 0 Å². The number of nitrogens with one attached hydrogen (secondary N) is 1. The van der Waals surface area contributed by atoms with Crippen LogP contribution in [0.2, 0.25) is 0 Å². The molecule has 0 amide bonds. The Hall–Kier alpha value is -0.398. The molecule has 0 aromatic carbocycles. The molecule has 1 rings (SSSR count). The van der Waals surface area contributed by atoms with Gasteiger partial charge in [-0.1, -0.05) is 5.21 Å². The quantitative estimate of drug-likeness (QED) is 0.380. The van der Waals surface area contributed by atoms with E-state index in [0.717, 1.165) is 0 Å². The average Bonchev–Trinajstić information content (AvgIpc) is 1.86. The summed E-state index contributed by atoms with van der Waals surface area (Å²) in [5.74, 6) is 0. The third-order valence-electron chi connectivity index (χ3n) is 0.362. The number of hydrogen-bond donors (Lipinski definition) is 1. The lowest BCUT2D eigenvalue weighted by Crippen LogP contribution is -2.05. The maximum absolute atomic E-state index is 3.53. The van der Waals surface area contributed by atoms with Gasteiger partial charge in [0.25, 0.3) is 16.3 Å². The Kier molecular flexibility index (Phi) is 0.863. The summed E-state index contributed by atoms with van der Waals surface area (Å²) in [5.41, 5.74) is 0. The summed E-state index contributed by atoms with van der Waals surface area (Å²) in [4.78, 5) is 0. The zero-order valence-corrected chi connectivity index (χ0v) is 4.07. The number of hydrogen-bond acceptors (Lipinski definition) is 3. The number of rotatable bonds is 0. The second-order valence-corrected chi connectivity index (χ2v) is 1.29. The summed E-state index contributed by atoms with van der Waals surface area (Å²) in [7, 11) is 0. The molecule has 0 saturated carbocycles. The lowest BCUT2D eigenvalue weighted by atomic mass is 11.4. The first-order chi connectivity index (χ1) is 2.89. The molecule has 0 aliphatic rings. The summed E-state index contributed by atoms with van der Waals surface area (Å²) < 4.78 is 0.593. The van der Waals surface area contributed by atoms with Gasteiger partial charge in [0.1, 0.15) is 0 Å². The molecule has 0 fully saturated rings. The number of aromatic nitrogens is 4. The van der Waals surface area contributed by atoms with Crippen molar-refractivity contribution < 1.29 is 0 Å². The van der Waals surface area contributed by atoms with Crippen molar-refractivity contribution in [3.05, 3.63) is 0 Å². The first-order valence-electron chi connectivity index (χ1n) is 1.38. The molecule has 28 valence electrons. The van der Waals surface area contributed by atoms with Crippen LogP contribution in [0.1, 0.15) is 0 Å². The van der Waals surface area contributed by atoms with Gasteiger partial charge in [0.2, 0.25) is 0 Å². The standard InChI is InChI=1S/CHN4.Al/c1-2-4-5-3-1;/h(H,2,3,4,5);. The van der Waals surface area contributed by atoms with Crippen LogP contribution in [0.25, 0.3) is 0 Å². The van der Waals surface area contributed by atoms with E-state index in [1.54, 1.807) is 0 Å². The van der Waals surface area contributed by atoms with Crippen molar-refractivity contribution in [2.24, 2.45) is 0 Å². The summed E-state index contributed by atoms with van der Waals surface area (Å²) in [5, 5.41) is 12.6. The van der Waals surface area contributed by atoms with Crippen molar-refractivity contribution in [3.63, 3.8) is 0 Å². The molecule has 0 aliphatic heterocycles. The maximum atomic E-state index is 3.53. The molecule has 1 heterocycles. The Morgan fingerprint density at radius 3 is 2.67 bits per heavy atom. The Morgan fingerprint density at radius 1 is 1.67 bits per heavy atom. The van der Waals surface area contributed by atoms with Crippen molar-refractivity contribution in [2.45, 2.75) is 0 Å². The van der Waals surface area contributed by atoms with E-state index in [2.05, 4.69) is 36.9 Å². The Labute approximate surface area is 42.4 Å². The van der Waals surface area contributed by atoms with Gasteiger partial charge in [-0.15, -0.1) is 5.10 Å². The van der Waals surface area contributed by atoms with Gasteiger partial charge in [-0.05, 0) is 0 Å². The molecule has 0 aliphatic carbocycles. The van der Waals surface area contributed by atoms with Gasteiger partial charge in [-0.25, -0.2) is 0 Å². The van der Waals surface area contributed by atoms with E-state index in [0.29, 0.717) is 4.69 Å². The van der Waals surface area contributed by atoms with Gasteiger partial charge in [-0.2, -0.15) is 10.3 Å². The third-order valence-corrected chi connectivity index (χ3v) is 0.606. The molecule has 0 spiro atoms. The van der Waals surface area contributed by atoms with E-state index in [-0.39, 0.29) is 0 Å². The molecule has 0 unspecified atom stereocenters. The average molecular weight is 96.0 g/mol. The summed E-state index contributed by atoms with van der Waals surface area (Å²) in [6, 6.07) is 0. The van der Waals surface area contributed by atoms with Crippen LogP contribution in [0.5, 0.6) is 0 Å². The number of H-pyrrole nitrogens is 1. The molecule has 0 atom stereocenters. The minimum Gasteiger partial charge on any atom is -0.179 e. The maximum Gasteiger partial charge on any atom is 0.251 e. The van der Waals surface area contributed by atoms with Gasteiger partial charge >= 0.3 is 0 Å². The van der Waals surface area contributed by atoms with Gasteiger partial charge in [-0.3, -0.25) is 0 Å². The third kappa shape index (κ3) is 0.560. The van der Waals surface area contributed by atoms with E-state index in [1.165, 1.54) is 0 Å². The zero-order chi connectivity index (χ0) is 4.41. The van der Waals surface area contributed by atoms with E-state index < -0.39 is 0 Å². The monoisotopic (exact) mass is 96.0 g/mol. The topological polar surface area (TPSA) is 54.5 Å². The summed E-state index contributed by atoms with van der Waals surface area (Å²) in [6.45, 7) is 0. The number of aromatic amines is 1. The van der Waals surface area contributed by atoms with Gasteiger partial charge in [0, 0.05) is 0 Å². The first-order valence-corrected chi connectivity index (χ1v) is 1.96. The van der Waals surface area contributed by atoms with Crippen LogP contribution in [-0.2, 0) is 0 Å². The van der Waals surface area contributed by atoms with Crippen LogP contribution >= 0.6 is 0 Å². The van der Waals surface area contributed by atoms with Crippen molar-refractivity contribution >= 4 is 21.0 Å². The van der Waals surface area contributed by atoms with Crippen LogP contribution in [0.4, 0.5) is 0 Å². The highest BCUT2D eigenvalue weighted by atomic mass is 27.0. The molecule has 1 N–H and O–H groups in total. The predicted molar refractivity (Wildman–Crippen MR) is 19.6 cm³/mol. The molecular weight excluding hydrogens is 95.0 g/mol. The Morgan fingerprint density at radius 2 is 2.50 bits per heavy atom. The first kappa shape index (κ1) is 3.78. The molecule has 6 heavy (non-hydrogen) atoms. The van der Waals surface area contributed by atoms with Crippen LogP contribution in [0, 0.1) is 0 Å². The molecular formula is CHAlN4. The number of nitrogens with zero attached hydrogens (tertiary/aromatic N) is 3. The molecule has 4 nitrogen and oxygen atoms in total. The molecule has 0 saturated heterocycles. The predicted octanol–water partition coefficient (Wildman–Crippen LogP) is -2.01. The molecule has 5 heteroatoms.